The van der Waals surface area contributed by atoms with Crippen LogP contribution in [0.2, 0.25) is 0 Å². The number of hydrogen-bond donors (Lipinski definition) is 0. The highest BCUT2D eigenvalue weighted by atomic mass is 19.2. The van der Waals surface area contributed by atoms with Crippen LogP contribution in [0.5, 0.6) is 5.75 Å². The molecule has 0 N–H and O–H groups in total. The predicted octanol–water partition coefficient (Wildman–Crippen LogP) is 7.23. The lowest BCUT2D eigenvalue weighted by Gasteiger charge is -2.28. The van der Waals surface area contributed by atoms with Crippen molar-refractivity contribution in [3.05, 3.63) is 64.7 Å². The minimum atomic E-state index is -0.983. The molecular formula is C26H30F2O. The fourth-order valence-corrected chi connectivity index (χ4v) is 4.15. The van der Waals surface area contributed by atoms with Gasteiger partial charge in [-0.2, -0.15) is 4.39 Å². The van der Waals surface area contributed by atoms with Gasteiger partial charge in [0.15, 0.2) is 11.6 Å². The van der Waals surface area contributed by atoms with Crippen LogP contribution in [-0.4, -0.2) is 6.61 Å². The first-order valence-electron chi connectivity index (χ1n) is 10.8. The summed E-state index contributed by atoms with van der Waals surface area (Å²) >= 11 is 0. The molecule has 0 saturated heterocycles. The average Bonchev–Trinajstić information content (AvgIpc) is 2.76. The van der Waals surface area contributed by atoms with Crippen molar-refractivity contribution >= 4 is 0 Å². The van der Waals surface area contributed by atoms with E-state index in [1.54, 1.807) is 6.92 Å². The van der Waals surface area contributed by atoms with Crippen molar-refractivity contribution in [3.8, 4) is 17.6 Å². The number of ether oxygens (including phenoxy) is 1. The summed E-state index contributed by atoms with van der Waals surface area (Å²) in [6.07, 6.45) is 9.19. The summed E-state index contributed by atoms with van der Waals surface area (Å²) in [7, 11) is 0. The van der Waals surface area contributed by atoms with Crippen molar-refractivity contribution in [2.24, 2.45) is 5.92 Å². The number of hydrogen-bond acceptors (Lipinski definition) is 1. The van der Waals surface area contributed by atoms with E-state index >= 15 is 0 Å². The molecule has 0 unspecified atom stereocenters. The van der Waals surface area contributed by atoms with Crippen molar-refractivity contribution < 1.29 is 13.5 Å². The molecule has 1 aliphatic carbocycles. The minimum absolute atomic E-state index is 0.0421. The van der Waals surface area contributed by atoms with Gasteiger partial charge in [0.25, 0.3) is 0 Å². The fourth-order valence-electron chi connectivity index (χ4n) is 4.15. The van der Waals surface area contributed by atoms with Gasteiger partial charge >= 0.3 is 0 Å². The lowest BCUT2D eigenvalue weighted by molar-refractivity contribution is 0.304. The molecule has 2 aromatic rings. The molecule has 1 saturated carbocycles. The zero-order valence-corrected chi connectivity index (χ0v) is 17.4. The zero-order valence-electron chi connectivity index (χ0n) is 17.4. The summed E-state index contributed by atoms with van der Waals surface area (Å²) in [6.45, 7) is 4.28. The van der Waals surface area contributed by atoms with E-state index in [2.05, 4.69) is 30.9 Å². The monoisotopic (exact) mass is 396 g/mol. The summed E-state index contributed by atoms with van der Waals surface area (Å²) in [5.41, 5.74) is 2.21. The smallest absolute Gasteiger partial charge is 0.201 e. The Hall–Kier alpha value is -2.34. The molecule has 2 aromatic carbocycles. The molecule has 0 bridgehead atoms. The molecule has 0 aromatic heterocycles. The van der Waals surface area contributed by atoms with Gasteiger partial charge in [0.1, 0.15) is 0 Å². The Labute approximate surface area is 173 Å². The van der Waals surface area contributed by atoms with Crippen LogP contribution >= 0.6 is 0 Å². The van der Waals surface area contributed by atoms with Crippen molar-refractivity contribution in [1.82, 2.24) is 0 Å². The molecule has 0 amide bonds. The van der Waals surface area contributed by atoms with Gasteiger partial charge in [0, 0.05) is 5.56 Å². The highest BCUT2D eigenvalue weighted by Crippen LogP contribution is 2.37. The second-order valence-electron chi connectivity index (χ2n) is 7.90. The largest absolute Gasteiger partial charge is 0.491 e. The maximum Gasteiger partial charge on any atom is 0.201 e. The van der Waals surface area contributed by atoms with Gasteiger partial charge in [-0.25, -0.2) is 4.39 Å². The van der Waals surface area contributed by atoms with Crippen LogP contribution in [0, 0.1) is 29.4 Å². The van der Waals surface area contributed by atoms with Crippen LogP contribution in [0.4, 0.5) is 8.78 Å². The van der Waals surface area contributed by atoms with Crippen molar-refractivity contribution in [1.29, 1.82) is 0 Å². The summed E-state index contributed by atoms with van der Waals surface area (Å²) in [6, 6.07) is 11.1. The van der Waals surface area contributed by atoms with Crippen molar-refractivity contribution in [2.75, 3.05) is 6.61 Å². The Kier molecular flexibility index (Phi) is 7.69. The van der Waals surface area contributed by atoms with Crippen LogP contribution in [0.15, 0.2) is 36.4 Å². The van der Waals surface area contributed by atoms with Crippen LogP contribution < -0.4 is 4.74 Å². The van der Waals surface area contributed by atoms with Crippen LogP contribution in [-0.2, 0) is 0 Å². The Morgan fingerprint density at radius 3 is 2.28 bits per heavy atom. The number of benzene rings is 2. The molecular weight excluding hydrogens is 366 g/mol. The number of rotatable bonds is 6. The Bertz CT molecular complexity index is 853. The van der Waals surface area contributed by atoms with E-state index in [4.69, 9.17) is 4.74 Å². The molecule has 3 heteroatoms. The molecule has 1 aliphatic rings. The van der Waals surface area contributed by atoms with Crippen molar-refractivity contribution in [2.45, 2.75) is 64.7 Å². The molecule has 0 atom stereocenters. The average molecular weight is 397 g/mol. The van der Waals surface area contributed by atoms with Gasteiger partial charge in [0.2, 0.25) is 5.82 Å². The van der Waals surface area contributed by atoms with Crippen LogP contribution in [0.1, 0.15) is 81.4 Å². The quantitative estimate of drug-likeness (QED) is 0.468. The van der Waals surface area contributed by atoms with E-state index in [1.807, 2.05) is 12.1 Å². The zero-order chi connectivity index (χ0) is 20.6. The minimum Gasteiger partial charge on any atom is -0.491 e. The van der Waals surface area contributed by atoms with Gasteiger partial charge in [-0.3, -0.25) is 0 Å². The predicted molar refractivity (Wildman–Crippen MR) is 114 cm³/mol. The topological polar surface area (TPSA) is 9.23 Å². The number of halogens is 2. The summed E-state index contributed by atoms with van der Waals surface area (Å²) in [4.78, 5) is 0. The third kappa shape index (κ3) is 5.60. The summed E-state index contributed by atoms with van der Waals surface area (Å²) < 4.78 is 33.2. The van der Waals surface area contributed by atoms with E-state index in [9.17, 15) is 8.78 Å². The fraction of sp³-hybridized carbons (Fsp3) is 0.462. The Morgan fingerprint density at radius 1 is 0.897 bits per heavy atom. The first-order chi connectivity index (χ1) is 14.1. The maximum atomic E-state index is 14.1. The van der Waals surface area contributed by atoms with E-state index in [0.29, 0.717) is 5.92 Å². The third-order valence-electron chi connectivity index (χ3n) is 5.88. The van der Waals surface area contributed by atoms with Crippen molar-refractivity contribution in [3.63, 3.8) is 0 Å². The van der Waals surface area contributed by atoms with Gasteiger partial charge in [-0.05, 0) is 74.3 Å². The molecule has 1 fully saturated rings. The maximum absolute atomic E-state index is 14.1. The van der Waals surface area contributed by atoms with E-state index in [-0.39, 0.29) is 17.9 Å². The van der Waals surface area contributed by atoms with Gasteiger partial charge < -0.3 is 4.74 Å². The third-order valence-corrected chi connectivity index (χ3v) is 5.88. The molecule has 1 nitrogen and oxygen atoms in total. The van der Waals surface area contributed by atoms with Gasteiger partial charge in [-0.1, -0.05) is 50.2 Å². The molecule has 0 aliphatic heterocycles. The second kappa shape index (κ2) is 10.4. The lowest BCUT2D eigenvalue weighted by atomic mass is 9.77. The summed E-state index contributed by atoms with van der Waals surface area (Å²) in [5.74, 6) is 5.20. The second-order valence-corrected chi connectivity index (χ2v) is 7.90. The van der Waals surface area contributed by atoms with Crippen LogP contribution in [0.3, 0.4) is 0 Å². The van der Waals surface area contributed by atoms with E-state index in [0.717, 1.165) is 11.5 Å². The summed E-state index contributed by atoms with van der Waals surface area (Å²) in [5, 5.41) is 0. The molecule has 154 valence electrons. The standard InChI is InChI=1S/C26H30F2O/c1-3-5-6-19-7-12-21(13-8-19)22-14-9-20(10-15-22)11-16-23-17-18-24(29-4-2)26(28)25(23)27/h9-10,14-15,17-19,21H,3-8,12-13H2,1-2H3. The Balaban J connectivity index is 1.63. The molecule has 0 spiro atoms. The Morgan fingerprint density at radius 2 is 1.62 bits per heavy atom. The SMILES string of the molecule is CCCCC1CCC(c2ccc(C#Cc3ccc(OCC)c(F)c3F)cc2)CC1. The molecule has 3 rings (SSSR count). The first-order valence-corrected chi connectivity index (χ1v) is 10.8. The molecule has 0 heterocycles. The number of unbranched alkanes of at least 4 members (excludes halogenated alkanes) is 1. The lowest BCUT2D eigenvalue weighted by Crippen LogP contribution is -2.13. The normalized spacial score (nSPS) is 18.8. The van der Waals surface area contributed by atoms with Gasteiger partial charge in [0.05, 0.1) is 12.2 Å². The van der Waals surface area contributed by atoms with Gasteiger partial charge in [-0.15, -0.1) is 0 Å². The van der Waals surface area contributed by atoms with Crippen LogP contribution in [0.25, 0.3) is 0 Å². The van der Waals surface area contributed by atoms with E-state index in [1.165, 1.54) is 62.6 Å². The molecule has 29 heavy (non-hydrogen) atoms. The first kappa shape index (κ1) is 21.4. The molecule has 0 radical (unpaired) electrons. The highest BCUT2D eigenvalue weighted by Gasteiger charge is 2.21. The van der Waals surface area contributed by atoms with E-state index < -0.39 is 11.6 Å². The highest BCUT2D eigenvalue weighted by molar-refractivity contribution is 5.46.